The van der Waals surface area contributed by atoms with Crippen LogP contribution < -0.4 is 0 Å². The molecule has 2 rings (SSSR count). The molecule has 1 aliphatic rings. The Morgan fingerprint density at radius 1 is 1.19 bits per heavy atom. The minimum Gasteiger partial charge on any atom is -0.465 e. The first-order valence-electron chi connectivity index (χ1n) is 9.92. The summed E-state index contributed by atoms with van der Waals surface area (Å²) in [6.07, 6.45) is 4.44. The van der Waals surface area contributed by atoms with Gasteiger partial charge in [0.15, 0.2) is 0 Å². The van der Waals surface area contributed by atoms with Crippen molar-refractivity contribution in [2.75, 3.05) is 14.1 Å². The van der Waals surface area contributed by atoms with E-state index in [2.05, 4.69) is 50.2 Å². The first-order chi connectivity index (χ1) is 12.1. The lowest BCUT2D eigenvalue weighted by Crippen LogP contribution is -2.59. The zero-order valence-corrected chi connectivity index (χ0v) is 17.3. The van der Waals surface area contributed by atoms with Gasteiger partial charge < -0.3 is 10.0 Å². The molecule has 0 radical (unpaired) electrons. The Labute approximate surface area is 159 Å². The molecule has 4 nitrogen and oxygen atoms in total. The Hall–Kier alpha value is -1.55. The van der Waals surface area contributed by atoms with E-state index in [0.717, 1.165) is 32.1 Å². The first-order valence-corrected chi connectivity index (χ1v) is 9.92. The van der Waals surface area contributed by atoms with Gasteiger partial charge in [-0.15, -0.1) is 0 Å². The molecule has 0 spiro atoms. The van der Waals surface area contributed by atoms with Crippen LogP contribution in [0.25, 0.3) is 0 Å². The van der Waals surface area contributed by atoms with Crippen LogP contribution in [0.5, 0.6) is 0 Å². The van der Waals surface area contributed by atoms with Gasteiger partial charge in [-0.2, -0.15) is 0 Å². The van der Waals surface area contributed by atoms with E-state index in [1.807, 2.05) is 20.8 Å². The summed E-state index contributed by atoms with van der Waals surface area (Å²) in [6.45, 7) is 8.20. The minimum absolute atomic E-state index is 0.0394. The molecule has 0 bridgehead atoms. The summed E-state index contributed by atoms with van der Waals surface area (Å²) in [4.78, 5) is 15.9. The van der Waals surface area contributed by atoms with Gasteiger partial charge in [0, 0.05) is 11.6 Å². The molecule has 3 atom stereocenters. The van der Waals surface area contributed by atoms with Gasteiger partial charge in [0.1, 0.15) is 0 Å². The van der Waals surface area contributed by atoms with Gasteiger partial charge in [0.05, 0.1) is 6.04 Å². The van der Waals surface area contributed by atoms with E-state index in [9.17, 15) is 9.90 Å². The predicted octanol–water partition coefficient (Wildman–Crippen LogP) is 4.98. The third-order valence-electron chi connectivity index (χ3n) is 5.67. The average Bonchev–Trinajstić information content (AvgIpc) is 2.54. The SMILES string of the molecule is CCCc1cccc(C2CC[C@H](N(C(=O)O)C(C)(C)C)[C@@H](N(C)C)C2)c1. The van der Waals surface area contributed by atoms with Crippen molar-refractivity contribution in [3.05, 3.63) is 35.4 Å². The lowest BCUT2D eigenvalue weighted by atomic mass is 9.76. The van der Waals surface area contributed by atoms with Gasteiger partial charge in [0.25, 0.3) is 0 Å². The highest BCUT2D eigenvalue weighted by Crippen LogP contribution is 2.38. The van der Waals surface area contributed by atoms with Crippen LogP contribution in [0.3, 0.4) is 0 Å². The summed E-state index contributed by atoms with van der Waals surface area (Å²) in [5, 5.41) is 9.85. The van der Waals surface area contributed by atoms with Crippen LogP contribution in [0.1, 0.15) is 70.4 Å². The molecule has 0 saturated heterocycles. The topological polar surface area (TPSA) is 43.8 Å². The molecule has 1 aromatic carbocycles. The van der Waals surface area contributed by atoms with Gasteiger partial charge in [-0.3, -0.25) is 4.90 Å². The van der Waals surface area contributed by atoms with Gasteiger partial charge >= 0.3 is 6.09 Å². The Balaban J connectivity index is 2.25. The summed E-state index contributed by atoms with van der Waals surface area (Å²) < 4.78 is 0. The van der Waals surface area contributed by atoms with Gasteiger partial charge in [-0.1, -0.05) is 37.6 Å². The average molecular weight is 361 g/mol. The van der Waals surface area contributed by atoms with Crippen LogP contribution in [0.15, 0.2) is 24.3 Å². The number of carbonyl (C=O) groups is 1. The smallest absolute Gasteiger partial charge is 0.408 e. The Bertz CT molecular complexity index is 606. The number of hydrogen-bond donors (Lipinski definition) is 1. The lowest BCUT2D eigenvalue weighted by molar-refractivity contribution is 0.0169. The fraction of sp³-hybridized carbons (Fsp3) is 0.682. The Kier molecular flexibility index (Phi) is 6.73. The molecule has 1 aromatic rings. The monoisotopic (exact) mass is 360 g/mol. The second-order valence-corrected chi connectivity index (χ2v) is 8.93. The van der Waals surface area contributed by atoms with Crippen LogP contribution >= 0.6 is 0 Å². The number of carboxylic acid groups (broad SMARTS) is 1. The molecule has 1 amide bonds. The third kappa shape index (κ3) is 4.79. The summed E-state index contributed by atoms with van der Waals surface area (Å²) in [6, 6.07) is 9.27. The van der Waals surface area contributed by atoms with E-state index >= 15 is 0 Å². The van der Waals surface area contributed by atoms with Crippen molar-refractivity contribution in [2.24, 2.45) is 0 Å². The molecule has 1 N–H and O–H groups in total. The number of aryl methyl sites for hydroxylation is 1. The van der Waals surface area contributed by atoms with Crippen LogP contribution in [-0.2, 0) is 6.42 Å². The fourth-order valence-electron chi connectivity index (χ4n) is 4.51. The Morgan fingerprint density at radius 3 is 2.42 bits per heavy atom. The van der Waals surface area contributed by atoms with Crippen LogP contribution in [-0.4, -0.2) is 52.7 Å². The molecule has 1 fully saturated rings. The summed E-state index contributed by atoms with van der Waals surface area (Å²) in [5.74, 6) is 0.506. The molecule has 0 aliphatic heterocycles. The normalized spacial score (nSPS) is 23.9. The lowest BCUT2D eigenvalue weighted by Gasteiger charge is -2.48. The molecular formula is C22H36N2O2. The van der Waals surface area contributed by atoms with Crippen LogP contribution in [0.4, 0.5) is 4.79 Å². The zero-order valence-electron chi connectivity index (χ0n) is 17.3. The largest absolute Gasteiger partial charge is 0.465 e. The molecule has 0 aromatic heterocycles. The first kappa shape index (κ1) is 20.8. The van der Waals surface area contributed by atoms with Gasteiger partial charge in [0.2, 0.25) is 0 Å². The number of benzene rings is 1. The molecule has 146 valence electrons. The number of nitrogens with zero attached hydrogens (tertiary/aromatic N) is 2. The van der Waals surface area contributed by atoms with Crippen molar-refractivity contribution in [2.45, 2.75) is 83.3 Å². The van der Waals surface area contributed by atoms with E-state index in [1.54, 1.807) is 4.90 Å². The number of rotatable bonds is 5. The van der Waals surface area contributed by atoms with Crippen molar-refractivity contribution in [1.29, 1.82) is 0 Å². The van der Waals surface area contributed by atoms with E-state index in [4.69, 9.17) is 0 Å². The maximum atomic E-state index is 12.0. The highest BCUT2D eigenvalue weighted by atomic mass is 16.4. The quantitative estimate of drug-likeness (QED) is 0.805. The highest BCUT2D eigenvalue weighted by molar-refractivity contribution is 5.66. The van der Waals surface area contributed by atoms with Crippen molar-refractivity contribution < 1.29 is 9.90 Å². The van der Waals surface area contributed by atoms with Crippen molar-refractivity contribution in [3.63, 3.8) is 0 Å². The third-order valence-corrected chi connectivity index (χ3v) is 5.67. The van der Waals surface area contributed by atoms with E-state index in [1.165, 1.54) is 11.1 Å². The number of amides is 1. The molecule has 1 unspecified atom stereocenters. The van der Waals surface area contributed by atoms with Crippen molar-refractivity contribution >= 4 is 6.09 Å². The van der Waals surface area contributed by atoms with Crippen molar-refractivity contribution in [1.82, 2.24) is 9.80 Å². The molecule has 0 heterocycles. The van der Waals surface area contributed by atoms with E-state index < -0.39 is 11.6 Å². The van der Waals surface area contributed by atoms with Crippen molar-refractivity contribution in [3.8, 4) is 0 Å². The Morgan fingerprint density at radius 2 is 1.88 bits per heavy atom. The summed E-state index contributed by atoms with van der Waals surface area (Å²) in [7, 11) is 4.16. The highest BCUT2D eigenvalue weighted by Gasteiger charge is 2.42. The summed E-state index contributed by atoms with van der Waals surface area (Å²) in [5.41, 5.74) is 2.44. The molecule has 4 heteroatoms. The second-order valence-electron chi connectivity index (χ2n) is 8.93. The molecule has 26 heavy (non-hydrogen) atoms. The molecular weight excluding hydrogens is 324 g/mol. The maximum Gasteiger partial charge on any atom is 0.408 e. The number of hydrogen-bond acceptors (Lipinski definition) is 2. The second kappa shape index (κ2) is 8.43. The minimum atomic E-state index is -0.808. The van der Waals surface area contributed by atoms with Crippen LogP contribution in [0.2, 0.25) is 0 Å². The van der Waals surface area contributed by atoms with Gasteiger partial charge in [-0.05, 0) is 77.6 Å². The zero-order chi connectivity index (χ0) is 19.5. The van der Waals surface area contributed by atoms with E-state index in [-0.39, 0.29) is 12.1 Å². The predicted molar refractivity (Wildman–Crippen MR) is 108 cm³/mol. The molecule has 1 aliphatic carbocycles. The van der Waals surface area contributed by atoms with Gasteiger partial charge in [-0.25, -0.2) is 4.79 Å². The summed E-state index contributed by atoms with van der Waals surface area (Å²) >= 11 is 0. The standard InChI is InChI=1S/C22H36N2O2/c1-7-9-16-10-8-11-17(14-16)18-12-13-19(20(15-18)23(5)6)24(21(25)26)22(2,3)4/h8,10-11,14,18-20H,7,9,12-13,15H2,1-6H3,(H,25,26)/t18?,19-,20-/m0/s1. The van der Waals surface area contributed by atoms with Crippen LogP contribution in [0, 0.1) is 0 Å². The van der Waals surface area contributed by atoms with E-state index in [0.29, 0.717) is 5.92 Å². The number of likely N-dealkylation sites (N-methyl/N-ethyl adjacent to an activating group) is 1. The fourth-order valence-corrected chi connectivity index (χ4v) is 4.51. The molecule has 1 saturated carbocycles. The maximum absolute atomic E-state index is 12.0.